The van der Waals surface area contributed by atoms with Crippen LogP contribution in [0.1, 0.15) is 40.5 Å². The van der Waals surface area contributed by atoms with Gasteiger partial charge >= 0.3 is 18.0 Å². The third kappa shape index (κ3) is 9.55. The van der Waals surface area contributed by atoms with E-state index in [9.17, 15) is 14.4 Å². The Bertz CT molecular complexity index is 427. The summed E-state index contributed by atoms with van der Waals surface area (Å²) in [6.07, 6.45) is 1.24. The van der Waals surface area contributed by atoms with Gasteiger partial charge in [0.15, 0.2) is 0 Å². The number of rotatable bonds is 8. The fourth-order valence-electron chi connectivity index (χ4n) is 1.69. The van der Waals surface area contributed by atoms with Gasteiger partial charge in [-0.3, -0.25) is 14.5 Å². The zero-order valence-electron chi connectivity index (χ0n) is 14.6. The number of hydrogen-bond donors (Lipinski definition) is 0. The molecule has 132 valence electrons. The summed E-state index contributed by atoms with van der Waals surface area (Å²) in [6, 6.07) is -0.390. The highest BCUT2D eigenvalue weighted by atomic mass is 16.6. The summed E-state index contributed by atoms with van der Waals surface area (Å²) >= 11 is 0. The molecular formula is C16H27NO6. The second-order valence-corrected chi connectivity index (χ2v) is 6.04. The van der Waals surface area contributed by atoms with E-state index in [4.69, 9.17) is 9.47 Å². The summed E-state index contributed by atoms with van der Waals surface area (Å²) in [5.74, 6) is -0.925. The zero-order chi connectivity index (χ0) is 18.0. The fourth-order valence-corrected chi connectivity index (χ4v) is 1.69. The number of ether oxygens (including phenoxy) is 3. The maximum Gasteiger partial charge on any atom is 0.410 e. The van der Waals surface area contributed by atoms with E-state index >= 15 is 0 Å². The van der Waals surface area contributed by atoms with E-state index in [1.54, 1.807) is 27.7 Å². The van der Waals surface area contributed by atoms with E-state index < -0.39 is 17.7 Å². The Hall–Kier alpha value is -2.05. The van der Waals surface area contributed by atoms with Crippen LogP contribution in [0.4, 0.5) is 4.79 Å². The number of esters is 2. The Labute approximate surface area is 137 Å². The third-order valence-electron chi connectivity index (χ3n) is 2.80. The van der Waals surface area contributed by atoms with Crippen molar-refractivity contribution in [2.75, 3.05) is 20.3 Å². The molecule has 7 heteroatoms. The molecule has 0 rings (SSSR count). The zero-order valence-corrected chi connectivity index (χ0v) is 14.6. The molecule has 0 aliphatic rings. The first kappa shape index (κ1) is 20.9. The summed E-state index contributed by atoms with van der Waals surface area (Å²) < 4.78 is 14.7. The molecule has 0 aliphatic carbocycles. The molecule has 23 heavy (non-hydrogen) atoms. The van der Waals surface area contributed by atoms with Crippen molar-refractivity contribution in [1.82, 2.24) is 4.90 Å². The minimum Gasteiger partial charge on any atom is -0.468 e. The van der Waals surface area contributed by atoms with Crippen molar-refractivity contribution in [1.29, 1.82) is 0 Å². The van der Waals surface area contributed by atoms with Crippen LogP contribution in [0.3, 0.4) is 0 Å². The molecule has 0 saturated heterocycles. The molecular weight excluding hydrogens is 302 g/mol. The molecule has 0 aromatic heterocycles. The van der Waals surface area contributed by atoms with E-state index in [2.05, 4.69) is 11.3 Å². The monoisotopic (exact) mass is 329 g/mol. The second kappa shape index (κ2) is 9.86. The maximum atomic E-state index is 12.0. The lowest BCUT2D eigenvalue weighted by Gasteiger charge is -2.27. The van der Waals surface area contributed by atoms with Crippen LogP contribution in [-0.2, 0) is 23.8 Å². The standard InChI is InChI=1S/C16H27NO6/c1-7-10-22-15(20)17(11-14(19)21-6)12(2)8-9-13(18)23-16(3,4)5/h7,12H,1,8-11H2,2-6H3/t12-/m1/s1. The molecule has 0 unspecified atom stereocenters. The summed E-state index contributed by atoms with van der Waals surface area (Å²) in [7, 11) is 1.24. The summed E-state index contributed by atoms with van der Waals surface area (Å²) in [4.78, 5) is 36.4. The largest absolute Gasteiger partial charge is 0.468 e. The average molecular weight is 329 g/mol. The summed E-state index contributed by atoms with van der Waals surface area (Å²) in [6.45, 7) is 10.3. The van der Waals surface area contributed by atoms with Crippen LogP contribution in [0.2, 0.25) is 0 Å². The van der Waals surface area contributed by atoms with Gasteiger partial charge in [-0.05, 0) is 34.1 Å². The Morgan fingerprint density at radius 2 is 1.83 bits per heavy atom. The number of carbonyl (C=O) groups excluding carboxylic acids is 3. The smallest absolute Gasteiger partial charge is 0.410 e. The Morgan fingerprint density at radius 3 is 2.30 bits per heavy atom. The Morgan fingerprint density at radius 1 is 1.22 bits per heavy atom. The molecule has 1 amide bonds. The molecule has 0 heterocycles. The van der Waals surface area contributed by atoms with Crippen LogP contribution >= 0.6 is 0 Å². The summed E-state index contributed by atoms with van der Waals surface area (Å²) in [5, 5.41) is 0. The van der Waals surface area contributed by atoms with Crippen molar-refractivity contribution in [3.8, 4) is 0 Å². The first-order valence-corrected chi connectivity index (χ1v) is 7.43. The van der Waals surface area contributed by atoms with Crippen LogP contribution in [0.5, 0.6) is 0 Å². The Kier molecular flexibility index (Phi) is 8.98. The van der Waals surface area contributed by atoms with E-state index in [0.29, 0.717) is 6.42 Å². The molecule has 0 aliphatic heterocycles. The van der Waals surface area contributed by atoms with Gasteiger partial charge in [0, 0.05) is 12.5 Å². The predicted octanol–water partition coefficient (Wildman–Crippen LogP) is 2.29. The highest BCUT2D eigenvalue weighted by Gasteiger charge is 2.26. The lowest BCUT2D eigenvalue weighted by atomic mass is 10.1. The van der Waals surface area contributed by atoms with Crippen molar-refractivity contribution < 1.29 is 28.6 Å². The third-order valence-corrected chi connectivity index (χ3v) is 2.80. The number of methoxy groups -OCH3 is 1. The minimum absolute atomic E-state index is 0.0370. The van der Waals surface area contributed by atoms with Gasteiger partial charge in [0.2, 0.25) is 0 Å². The van der Waals surface area contributed by atoms with Crippen LogP contribution < -0.4 is 0 Å². The highest BCUT2D eigenvalue weighted by molar-refractivity contribution is 5.78. The van der Waals surface area contributed by atoms with Crippen LogP contribution in [0.25, 0.3) is 0 Å². The molecule has 0 spiro atoms. The van der Waals surface area contributed by atoms with Gasteiger partial charge in [0.1, 0.15) is 18.8 Å². The molecule has 0 aromatic rings. The van der Waals surface area contributed by atoms with Gasteiger partial charge < -0.3 is 14.2 Å². The first-order valence-electron chi connectivity index (χ1n) is 7.43. The second-order valence-electron chi connectivity index (χ2n) is 6.04. The molecule has 0 aromatic carbocycles. The molecule has 0 fully saturated rings. The van der Waals surface area contributed by atoms with Crippen molar-refractivity contribution >= 4 is 18.0 Å². The van der Waals surface area contributed by atoms with Gasteiger partial charge in [-0.25, -0.2) is 4.79 Å². The SMILES string of the molecule is C=CCOC(=O)N(CC(=O)OC)[C@H](C)CCC(=O)OC(C)(C)C. The first-order chi connectivity index (χ1) is 10.6. The van der Waals surface area contributed by atoms with Gasteiger partial charge in [0.05, 0.1) is 7.11 Å². The van der Waals surface area contributed by atoms with Crippen LogP contribution in [0, 0.1) is 0 Å². The molecule has 0 N–H and O–H groups in total. The summed E-state index contributed by atoms with van der Waals surface area (Å²) in [5.41, 5.74) is -0.561. The molecule has 0 radical (unpaired) electrons. The quantitative estimate of drug-likeness (QED) is 0.386. The highest BCUT2D eigenvalue weighted by Crippen LogP contribution is 2.13. The predicted molar refractivity (Wildman–Crippen MR) is 84.8 cm³/mol. The number of hydrogen-bond acceptors (Lipinski definition) is 6. The van der Waals surface area contributed by atoms with Crippen molar-refractivity contribution in [2.45, 2.75) is 52.2 Å². The van der Waals surface area contributed by atoms with E-state index in [1.165, 1.54) is 18.1 Å². The van der Waals surface area contributed by atoms with Crippen molar-refractivity contribution in [3.05, 3.63) is 12.7 Å². The van der Waals surface area contributed by atoms with Crippen LogP contribution in [-0.4, -0.2) is 54.8 Å². The normalized spacial score (nSPS) is 12.0. The molecule has 0 saturated carbocycles. The Balaban J connectivity index is 4.68. The van der Waals surface area contributed by atoms with Gasteiger partial charge in [-0.2, -0.15) is 0 Å². The number of nitrogens with zero attached hydrogens (tertiary/aromatic N) is 1. The van der Waals surface area contributed by atoms with Crippen molar-refractivity contribution in [3.63, 3.8) is 0 Å². The number of amides is 1. The maximum absolute atomic E-state index is 12.0. The van der Waals surface area contributed by atoms with Crippen LogP contribution in [0.15, 0.2) is 12.7 Å². The lowest BCUT2D eigenvalue weighted by molar-refractivity contribution is -0.155. The van der Waals surface area contributed by atoms with Gasteiger partial charge in [0.25, 0.3) is 0 Å². The molecule has 7 nitrogen and oxygen atoms in total. The average Bonchev–Trinajstić information content (AvgIpc) is 2.45. The van der Waals surface area contributed by atoms with Gasteiger partial charge in [-0.15, -0.1) is 0 Å². The topological polar surface area (TPSA) is 82.1 Å². The van der Waals surface area contributed by atoms with E-state index in [0.717, 1.165) is 0 Å². The lowest BCUT2D eigenvalue weighted by Crippen LogP contribution is -2.43. The molecule has 0 bridgehead atoms. The van der Waals surface area contributed by atoms with E-state index in [-0.39, 0.29) is 31.6 Å². The van der Waals surface area contributed by atoms with Crippen molar-refractivity contribution in [2.24, 2.45) is 0 Å². The minimum atomic E-state index is -0.660. The fraction of sp³-hybridized carbons (Fsp3) is 0.688. The van der Waals surface area contributed by atoms with E-state index in [1.807, 2.05) is 0 Å². The molecule has 1 atom stereocenters. The van der Waals surface area contributed by atoms with Gasteiger partial charge in [-0.1, -0.05) is 12.7 Å². The number of carbonyl (C=O) groups is 3.